The maximum atomic E-state index is 10.3. The van der Waals surface area contributed by atoms with Gasteiger partial charge < -0.3 is 10.4 Å². The van der Waals surface area contributed by atoms with E-state index in [1.54, 1.807) is 6.92 Å². The minimum atomic E-state index is -1.01. The van der Waals surface area contributed by atoms with Crippen molar-refractivity contribution >= 4 is 11.8 Å². The minimum absolute atomic E-state index is 0.233. The molecule has 0 spiro atoms. The second-order valence-electron chi connectivity index (χ2n) is 2.54. The van der Waals surface area contributed by atoms with E-state index >= 15 is 0 Å². The molecule has 0 unspecified atom stereocenters. The molecular formula is C8H8N4O2. The van der Waals surface area contributed by atoms with Gasteiger partial charge in [-0.15, -0.1) is 0 Å². The highest BCUT2D eigenvalue weighted by atomic mass is 16.4. The smallest absolute Gasteiger partial charge is 0.322 e. The third-order valence-corrected chi connectivity index (χ3v) is 1.44. The Bertz CT molecular complexity index is 397. The van der Waals surface area contributed by atoms with E-state index in [9.17, 15) is 4.79 Å². The van der Waals surface area contributed by atoms with Crippen LogP contribution in [-0.2, 0) is 4.79 Å². The molecule has 1 rings (SSSR count). The molecule has 1 aromatic heterocycles. The lowest BCUT2D eigenvalue weighted by molar-refractivity contribution is -0.134. The average molecular weight is 192 g/mol. The Kier molecular flexibility index (Phi) is 2.97. The fraction of sp³-hybridized carbons (Fsp3) is 0.250. The maximum Gasteiger partial charge on any atom is 0.322 e. The van der Waals surface area contributed by atoms with E-state index in [2.05, 4.69) is 15.3 Å². The van der Waals surface area contributed by atoms with Crippen LogP contribution in [0, 0.1) is 18.3 Å². The van der Waals surface area contributed by atoms with Gasteiger partial charge in [0.05, 0.1) is 6.20 Å². The third kappa shape index (κ3) is 2.42. The summed E-state index contributed by atoms with van der Waals surface area (Å²) in [4.78, 5) is 18.0. The van der Waals surface area contributed by atoms with Crippen LogP contribution in [0.5, 0.6) is 0 Å². The number of hydrogen-bond acceptors (Lipinski definition) is 5. The van der Waals surface area contributed by atoms with Gasteiger partial charge in [0.15, 0.2) is 0 Å². The molecule has 0 saturated carbocycles. The van der Waals surface area contributed by atoms with Gasteiger partial charge in [0, 0.05) is 0 Å². The number of carbonyl (C=O) groups is 1. The van der Waals surface area contributed by atoms with Crippen LogP contribution in [0.4, 0.5) is 5.82 Å². The van der Waals surface area contributed by atoms with Gasteiger partial charge in [-0.1, -0.05) is 0 Å². The van der Waals surface area contributed by atoms with Crippen LogP contribution in [-0.4, -0.2) is 27.6 Å². The van der Waals surface area contributed by atoms with Gasteiger partial charge in [0.25, 0.3) is 0 Å². The van der Waals surface area contributed by atoms with E-state index in [-0.39, 0.29) is 17.9 Å². The molecule has 0 amide bonds. The first kappa shape index (κ1) is 9.92. The molecule has 2 N–H and O–H groups in total. The topological polar surface area (TPSA) is 98.9 Å². The Morgan fingerprint density at radius 3 is 3.07 bits per heavy atom. The second-order valence-corrected chi connectivity index (χ2v) is 2.54. The van der Waals surface area contributed by atoms with E-state index in [0.717, 1.165) is 0 Å². The number of nitrogens with zero attached hydrogens (tertiary/aromatic N) is 3. The van der Waals surface area contributed by atoms with Crippen molar-refractivity contribution < 1.29 is 9.90 Å². The summed E-state index contributed by atoms with van der Waals surface area (Å²) >= 11 is 0. The molecule has 0 aliphatic heterocycles. The molecule has 0 aromatic carbocycles. The fourth-order valence-corrected chi connectivity index (χ4v) is 0.846. The normalized spacial score (nSPS) is 9.14. The Morgan fingerprint density at radius 1 is 1.79 bits per heavy atom. The summed E-state index contributed by atoms with van der Waals surface area (Å²) in [6.07, 6.45) is 1.35. The van der Waals surface area contributed by atoms with Gasteiger partial charge in [0.1, 0.15) is 29.8 Å². The summed E-state index contributed by atoms with van der Waals surface area (Å²) in [6.45, 7) is 1.39. The molecule has 0 radical (unpaired) electrons. The maximum absolute atomic E-state index is 10.3. The fourth-order valence-electron chi connectivity index (χ4n) is 0.846. The van der Waals surface area contributed by atoms with E-state index in [0.29, 0.717) is 5.82 Å². The van der Waals surface area contributed by atoms with Gasteiger partial charge in [-0.05, 0) is 6.92 Å². The average Bonchev–Trinajstić information content (AvgIpc) is 2.15. The van der Waals surface area contributed by atoms with Crippen LogP contribution in [0.3, 0.4) is 0 Å². The molecule has 0 fully saturated rings. The molecule has 0 bridgehead atoms. The van der Waals surface area contributed by atoms with Crippen molar-refractivity contribution in [3.63, 3.8) is 0 Å². The van der Waals surface area contributed by atoms with Crippen LogP contribution < -0.4 is 5.32 Å². The highest BCUT2D eigenvalue weighted by Gasteiger charge is 2.05. The zero-order valence-corrected chi connectivity index (χ0v) is 7.48. The summed E-state index contributed by atoms with van der Waals surface area (Å²) in [5.41, 5.74) is 0.233. The van der Waals surface area contributed by atoms with Crippen LogP contribution in [0.25, 0.3) is 0 Å². The summed E-state index contributed by atoms with van der Waals surface area (Å²) < 4.78 is 0. The van der Waals surface area contributed by atoms with Crippen molar-refractivity contribution in [3.05, 3.63) is 17.6 Å². The number of carboxylic acid groups (broad SMARTS) is 1. The summed E-state index contributed by atoms with van der Waals surface area (Å²) in [5.74, 6) is -0.274. The number of aliphatic carboxylic acids is 1. The molecular weight excluding hydrogens is 184 g/mol. The summed E-state index contributed by atoms with van der Waals surface area (Å²) in [6, 6.07) is 1.87. The van der Waals surface area contributed by atoms with Gasteiger partial charge in [0.2, 0.25) is 0 Å². The van der Waals surface area contributed by atoms with Gasteiger partial charge in [-0.3, -0.25) is 4.79 Å². The molecule has 1 aromatic rings. The summed E-state index contributed by atoms with van der Waals surface area (Å²) in [7, 11) is 0. The van der Waals surface area contributed by atoms with Crippen molar-refractivity contribution in [2.24, 2.45) is 0 Å². The SMILES string of the molecule is Cc1ncc(C#N)c(NCC(=O)O)n1. The van der Waals surface area contributed by atoms with Crippen LogP contribution >= 0.6 is 0 Å². The zero-order chi connectivity index (χ0) is 10.6. The number of carboxylic acids is 1. The number of aryl methyl sites for hydroxylation is 1. The first-order chi connectivity index (χ1) is 6.63. The van der Waals surface area contributed by atoms with Crippen molar-refractivity contribution in [1.82, 2.24) is 9.97 Å². The minimum Gasteiger partial charge on any atom is -0.480 e. The predicted octanol–water partition coefficient (Wildman–Crippen LogP) is 0.153. The van der Waals surface area contributed by atoms with Crippen LogP contribution in [0.15, 0.2) is 6.20 Å². The van der Waals surface area contributed by atoms with Gasteiger partial charge in [-0.2, -0.15) is 5.26 Å². The van der Waals surface area contributed by atoms with Crippen molar-refractivity contribution in [2.45, 2.75) is 6.92 Å². The third-order valence-electron chi connectivity index (χ3n) is 1.44. The Balaban J connectivity index is 2.89. The van der Waals surface area contributed by atoms with E-state index in [4.69, 9.17) is 10.4 Å². The molecule has 72 valence electrons. The van der Waals surface area contributed by atoms with E-state index < -0.39 is 5.97 Å². The lowest BCUT2D eigenvalue weighted by Crippen LogP contribution is -2.14. The molecule has 0 aliphatic carbocycles. The predicted molar refractivity (Wildman–Crippen MR) is 47.6 cm³/mol. The monoisotopic (exact) mass is 192 g/mol. The van der Waals surface area contributed by atoms with Crippen molar-refractivity contribution in [3.8, 4) is 6.07 Å². The number of aromatic nitrogens is 2. The second kappa shape index (κ2) is 4.18. The molecule has 6 nitrogen and oxygen atoms in total. The highest BCUT2D eigenvalue weighted by molar-refractivity contribution is 5.72. The van der Waals surface area contributed by atoms with Crippen molar-refractivity contribution in [2.75, 3.05) is 11.9 Å². The molecule has 1 heterocycles. The number of hydrogen-bond donors (Lipinski definition) is 2. The number of rotatable bonds is 3. The first-order valence-corrected chi connectivity index (χ1v) is 3.83. The van der Waals surface area contributed by atoms with Gasteiger partial charge >= 0.3 is 5.97 Å². The molecule has 0 aliphatic rings. The van der Waals surface area contributed by atoms with Crippen molar-refractivity contribution in [1.29, 1.82) is 5.26 Å². The Hall–Kier alpha value is -2.16. The lowest BCUT2D eigenvalue weighted by atomic mass is 10.3. The number of anilines is 1. The Morgan fingerprint density at radius 2 is 2.50 bits per heavy atom. The zero-order valence-electron chi connectivity index (χ0n) is 7.48. The molecule has 14 heavy (non-hydrogen) atoms. The quantitative estimate of drug-likeness (QED) is 0.707. The number of nitriles is 1. The van der Waals surface area contributed by atoms with E-state index in [1.807, 2.05) is 6.07 Å². The standard InChI is InChI=1S/C8H8N4O2/c1-5-10-3-6(2-9)8(12-5)11-4-7(13)14/h3H,4H2,1H3,(H,13,14)(H,10,11,12). The Labute approximate surface area is 80.2 Å². The summed E-state index contributed by atoms with van der Waals surface area (Å²) in [5, 5.41) is 19.6. The first-order valence-electron chi connectivity index (χ1n) is 3.83. The largest absolute Gasteiger partial charge is 0.480 e. The van der Waals surface area contributed by atoms with E-state index in [1.165, 1.54) is 6.20 Å². The molecule has 0 saturated heterocycles. The molecule has 0 atom stereocenters. The van der Waals surface area contributed by atoms with Crippen LogP contribution in [0.2, 0.25) is 0 Å². The lowest BCUT2D eigenvalue weighted by Gasteiger charge is -2.04. The molecule has 6 heteroatoms. The van der Waals surface area contributed by atoms with Gasteiger partial charge in [-0.25, -0.2) is 9.97 Å². The highest BCUT2D eigenvalue weighted by Crippen LogP contribution is 2.08. The number of nitrogens with one attached hydrogen (secondary N) is 1. The van der Waals surface area contributed by atoms with Crippen LogP contribution in [0.1, 0.15) is 11.4 Å².